The summed E-state index contributed by atoms with van der Waals surface area (Å²) in [4.78, 5) is 17.5. The van der Waals surface area contributed by atoms with Crippen molar-refractivity contribution in [3.05, 3.63) is 59.4 Å². The Morgan fingerprint density at radius 3 is 2.81 bits per heavy atom. The average Bonchev–Trinajstić information content (AvgIpc) is 2.91. The number of fused-ring (bicyclic) bond motifs is 2. The van der Waals surface area contributed by atoms with Gasteiger partial charge in [0.25, 0.3) is 5.91 Å². The van der Waals surface area contributed by atoms with Crippen molar-refractivity contribution in [1.29, 1.82) is 0 Å². The zero-order valence-corrected chi connectivity index (χ0v) is 15.4. The Morgan fingerprint density at radius 1 is 1.23 bits per heavy atom. The Bertz CT molecular complexity index is 1130. The van der Waals surface area contributed by atoms with Crippen molar-refractivity contribution in [2.24, 2.45) is 7.05 Å². The van der Waals surface area contributed by atoms with Gasteiger partial charge in [-0.05, 0) is 43.2 Å². The van der Waals surface area contributed by atoms with E-state index in [0.717, 1.165) is 16.9 Å². The lowest BCUT2D eigenvalue weighted by molar-refractivity contribution is 0.0934. The van der Waals surface area contributed by atoms with Crippen LogP contribution in [-0.4, -0.2) is 29.6 Å². The topological polar surface area (TPSA) is 81.1 Å². The predicted octanol–water partition coefficient (Wildman–Crippen LogP) is 2.53. The van der Waals surface area contributed by atoms with E-state index < -0.39 is 9.84 Å². The molecule has 1 aliphatic heterocycles. The fourth-order valence-corrected chi connectivity index (χ4v) is 5.06. The van der Waals surface area contributed by atoms with Crippen molar-refractivity contribution in [3.63, 3.8) is 0 Å². The van der Waals surface area contributed by atoms with Crippen molar-refractivity contribution in [3.8, 4) is 0 Å². The molecule has 2 heterocycles. The number of carbonyl (C=O) groups is 1. The molecule has 0 spiro atoms. The third kappa shape index (κ3) is 2.68. The zero-order chi connectivity index (χ0) is 18.5. The minimum absolute atomic E-state index is 0.0351. The van der Waals surface area contributed by atoms with Gasteiger partial charge >= 0.3 is 0 Å². The molecule has 0 saturated heterocycles. The van der Waals surface area contributed by atoms with Crippen LogP contribution >= 0.6 is 0 Å². The Kier molecular flexibility index (Phi) is 3.84. The molecule has 4 rings (SSSR count). The molecule has 26 heavy (non-hydrogen) atoms. The summed E-state index contributed by atoms with van der Waals surface area (Å²) in [6.07, 6.45) is 0.371. The number of benzene rings is 2. The molecule has 2 aromatic carbocycles. The Balaban J connectivity index is 1.65. The monoisotopic (exact) mass is 369 g/mol. The predicted molar refractivity (Wildman–Crippen MR) is 98.8 cm³/mol. The molecule has 7 heteroatoms. The summed E-state index contributed by atoms with van der Waals surface area (Å²) in [5.41, 5.74) is 2.90. The number of hydrogen-bond acceptors (Lipinski definition) is 4. The van der Waals surface area contributed by atoms with Gasteiger partial charge in [-0.15, -0.1) is 0 Å². The number of amides is 1. The van der Waals surface area contributed by atoms with Crippen molar-refractivity contribution in [2.45, 2.75) is 24.3 Å². The molecule has 6 nitrogen and oxygen atoms in total. The molecule has 1 aromatic heterocycles. The van der Waals surface area contributed by atoms with Gasteiger partial charge in [0.2, 0.25) is 0 Å². The van der Waals surface area contributed by atoms with Gasteiger partial charge in [0.1, 0.15) is 5.82 Å². The van der Waals surface area contributed by atoms with Crippen LogP contribution in [0.4, 0.5) is 0 Å². The highest BCUT2D eigenvalue weighted by atomic mass is 32.2. The summed E-state index contributed by atoms with van der Waals surface area (Å²) in [5, 5.41) is 2.98. The molecule has 3 aromatic rings. The van der Waals surface area contributed by atoms with Crippen LogP contribution < -0.4 is 5.32 Å². The summed E-state index contributed by atoms with van der Waals surface area (Å²) in [7, 11) is -1.34. The van der Waals surface area contributed by atoms with Crippen LogP contribution in [0.2, 0.25) is 0 Å². The third-order valence-electron chi connectivity index (χ3n) is 4.98. The molecule has 1 aliphatic rings. The lowest BCUT2D eigenvalue weighted by atomic mass is 10.0. The molecular weight excluding hydrogens is 350 g/mol. The number of aromatic nitrogens is 2. The maximum atomic E-state index is 12.7. The van der Waals surface area contributed by atoms with Gasteiger partial charge in [0, 0.05) is 12.6 Å². The number of imidazole rings is 1. The van der Waals surface area contributed by atoms with Crippen LogP contribution in [0.3, 0.4) is 0 Å². The first-order valence-corrected chi connectivity index (χ1v) is 10.1. The first-order chi connectivity index (χ1) is 12.4. The molecule has 0 fully saturated rings. The van der Waals surface area contributed by atoms with Crippen molar-refractivity contribution >= 4 is 26.8 Å². The maximum absolute atomic E-state index is 12.7. The Morgan fingerprint density at radius 2 is 2.00 bits per heavy atom. The number of aryl methyl sites for hydroxylation is 2. The lowest BCUT2D eigenvalue weighted by Crippen LogP contribution is -2.33. The van der Waals surface area contributed by atoms with Gasteiger partial charge in [-0.2, -0.15) is 0 Å². The highest BCUT2D eigenvalue weighted by Crippen LogP contribution is 2.32. The third-order valence-corrected chi connectivity index (χ3v) is 6.79. The zero-order valence-electron chi connectivity index (χ0n) is 14.6. The SMILES string of the molecule is Cc1nc2cc(C(=O)N[C@@H]3CCS(=O)(=O)c4ccccc43)ccc2n1C. The molecule has 134 valence electrons. The summed E-state index contributed by atoms with van der Waals surface area (Å²) < 4.78 is 26.4. The summed E-state index contributed by atoms with van der Waals surface area (Å²) in [6, 6.07) is 12.0. The lowest BCUT2D eigenvalue weighted by Gasteiger charge is -2.26. The van der Waals surface area contributed by atoms with Gasteiger partial charge in [0.15, 0.2) is 9.84 Å². The second-order valence-electron chi connectivity index (χ2n) is 6.59. The van der Waals surface area contributed by atoms with Gasteiger partial charge in [0.05, 0.1) is 27.7 Å². The first kappa shape index (κ1) is 16.8. The minimum atomic E-state index is -3.27. The second-order valence-corrected chi connectivity index (χ2v) is 8.67. The van der Waals surface area contributed by atoms with E-state index >= 15 is 0 Å². The molecule has 0 bridgehead atoms. The van der Waals surface area contributed by atoms with Gasteiger partial charge in [-0.3, -0.25) is 4.79 Å². The normalized spacial score (nSPS) is 18.5. The smallest absolute Gasteiger partial charge is 0.251 e. The number of rotatable bonds is 2. The molecule has 1 atom stereocenters. The quantitative estimate of drug-likeness (QED) is 0.753. The number of sulfone groups is 1. The fourth-order valence-electron chi connectivity index (χ4n) is 3.44. The highest BCUT2D eigenvalue weighted by Gasteiger charge is 2.30. The number of hydrogen-bond donors (Lipinski definition) is 1. The van der Waals surface area contributed by atoms with Crippen LogP contribution in [-0.2, 0) is 16.9 Å². The molecule has 1 amide bonds. The molecule has 0 saturated carbocycles. The number of carbonyl (C=O) groups excluding carboxylic acids is 1. The average molecular weight is 369 g/mol. The maximum Gasteiger partial charge on any atom is 0.251 e. The van der Waals surface area contributed by atoms with Crippen LogP contribution in [0.1, 0.15) is 34.2 Å². The molecule has 1 N–H and O–H groups in total. The van der Waals surface area contributed by atoms with E-state index in [4.69, 9.17) is 0 Å². The number of nitrogens with zero attached hydrogens (tertiary/aromatic N) is 2. The minimum Gasteiger partial charge on any atom is -0.345 e. The van der Waals surface area contributed by atoms with Crippen LogP contribution in [0, 0.1) is 6.92 Å². The Hall–Kier alpha value is -2.67. The van der Waals surface area contributed by atoms with Crippen molar-refractivity contribution < 1.29 is 13.2 Å². The van der Waals surface area contributed by atoms with E-state index in [1.54, 1.807) is 36.4 Å². The summed E-state index contributed by atoms with van der Waals surface area (Å²) >= 11 is 0. The first-order valence-electron chi connectivity index (χ1n) is 8.42. The highest BCUT2D eigenvalue weighted by molar-refractivity contribution is 7.91. The van der Waals surface area contributed by atoms with E-state index in [0.29, 0.717) is 22.4 Å². The van der Waals surface area contributed by atoms with Crippen LogP contribution in [0.25, 0.3) is 11.0 Å². The van der Waals surface area contributed by atoms with E-state index in [-0.39, 0.29) is 17.7 Å². The van der Waals surface area contributed by atoms with E-state index in [1.165, 1.54) is 0 Å². The van der Waals surface area contributed by atoms with Gasteiger partial charge < -0.3 is 9.88 Å². The van der Waals surface area contributed by atoms with E-state index in [9.17, 15) is 13.2 Å². The second kappa shape index (κ2) is 5.95. The van der Waals surface area contributed by atoms with Gasteiger partial charge in [-0.25, -0.2) is 13.4 Å². The number of nitrogens with one attached hydrogen (secondary N) is 1. The van der Waals surface area contributed by atoms with Crippen molar-refractivity contribution in [1.82, 2.24) is 14.9 Å². The van der Waals surface area contributed by atoms with Gasteiger partial charge in [-0.1, -0.05) is 18.2 Å². The van der Waals surface area contributed by atoms with Crippen molar-refractivity contribution in [2.75, 3.05) is 5.75 Å². The summed E-state index contributed by atoms with van der Waals surface area (Å²) in [6.45, 7) is 1.92. The fraction of sp³-hybridized carbons (Fsp3) is 0.263. The molecule has 0 aliphatic carbocycles. The van der Waals surface area contributed by atoms with Crippen LogP contribution in [0.15, 0.2) is 47.4 Å². The molecular formula is C19H19N3O3S. The van der Waals surface area contributed by atoms with Crippen LogP contribution in [0.5, 0.6) is 0 Å². The van der Waals surface area contributed by atoms with E-state index in [1.807, 2.05) is 24.6 Å². The Labute approximate surface area is 151 Å². The summed E-state index contributed by atoms with van der Waals surface area (Å²) in [5.74, 6) is 0.686. The van der Waals surface area contributed by atoms with E-state index in [2.05, 4.69) is 10.3 Å². The standard InChI is InChI=1S/C19H19N3O3S/c1-12-20-16-11-13(7-8-17(16)22(12)2)19(23)21-15-9-10-26(24,25)18-6-4-3-5-14(15)18/h3-8,11,15H,9-10H2,1-2H3,(H,21,23)/t15-/m1/s1. The largest absolute Gasteiger partial charge is 0.345 e. The molecule has 0 radical (unpaired) electrons. The molecule has 0 unspecified atom stereocenters.